The molecule has 22 heavy (non-hydrogen) atoms. The Morgan fingerprint density at radius 2 is 1.73 bits per heavy atom. The number of halogens is 3. The smallest absolute Gasteiger partial charge is 0.550 e. The molecule has 2 rings (SSSR count). The van der Waals surface area contributed by atoms with E-state index in [1.165, 1.54) is 0 Å². The largest absolute Gasteiger partial charge is 1.00 e. The van der Waals surface area contributed by atoms with Crippen molar-refractivity contribution in [1.29, 1.82) is 0 Å². The van der Waals surface area contributed by atoms with E-state index in [0.29, 0.717) is 6.54 Å². The molecule has 1 heterocycles. The van der Waals surface area contributed by atoms with Crippen LogP contribution in [0.4, 0.5) is 13.2 Å². The van der Waals surface area contributed by atoms with E-state index >= 15 is 0 Å². The number of benzene rings is 1. The number of alkyl halides is 3. The van der Waals surface area contributed by atoms with Crippen molar-refractivity contribution in [2.75, 3.05) is 19.6 Å². The van der Waals surface area contributed by atoms with Gasteiger partial charge in [0.05, 0.1) is 5.56 Å². The first-order valence-electron chi connectivity index (χ1n) is 6.95. The summed E-state index contributed by atoms with van der Waals surface area (Å²) in [5, 5.41) is 10.4. The third-order valence-electron chi connectivity index (χ3n) is 3.93. The van der Waals surface area contributed by atoms with Crippen LogP contribution in [0.3, 0.4) is 0 Å². The molecule has 1 aliphatic heterocycles. The second kappa shape index (κ2) is 8.05. The Morgan fingerprint density at radius 1 is 1.18 bits per heavy atom. The van der Waals surface area contributed by atoms with Crippen LogP contribution in [0.5, 0.6) is 0 Å². The van der Waals surface area contributed by atoms with Crippen LogP contribution >= 0.6 is 0 Å². The van der Waals surface area contributed by atoms with E-state index in [0.717, 1.165) is 43.6 Å². The van der Waals surface area contributed by atoms with Gasteiger partial charge in [-0.15, -0.1) is 0 Å². The molecule has 1 saturated heterocycles. The molecular formula is C15H17F3LiNO2. The number of aliphatic carboxylic acids is 1. The first-order chi connectivity index (χ1) is 9.86. The predicted molar refractivity (Wildman–Crippen MR) is 69.5 cm³/mol. The van der Waals surface area contributed by atoms with Crippen molar-refractivity contribution < 1.29 is 41.9 Å². The summed E-state index contributed by atoms with van der Waals surface area (Å²) < 4.78 is 37.5. The number of likely N-dealkylation sites (tertiary alicyclic amines) is 1. The van der Waals surface area contributed by atoms with Gasteiger partial charge in [-0.3, -0.25) is 0 Å². The fourth-order valence-electron chi connectivity index (χ4n) is 2.68. The fraction of sp³-hybridized carbons (Fsp3) is 0.533. The van der Waals surface area contributed by atoms with Gasteiger partial charge >= 0.3 is 25.0 Å². The van der Waals surface area contributed by atoms with E-state index in [-0.39, 0.29) is 31.2 Å². The third kappa shape index (κ3) is 5.35. The number of carbonyl (C=O) groups excluding carboxylic acids is 1. The molecule has 0 atom stereocenters. The van der Waals surface area contributed by atoms with Crippen LogP contribution in [0.1, 0.15) is 36.3 Å². The monoisotopic (exact) mass is 307 g/mol. The summed E-state index contributed by atoms with van der Waals surface area (Å²) in [5.41, 5.74) is 0.292. The molecule has 0 amide bonds. The maximum absolute atomic E-state index is 12.5. The summed E-state index contributed by atoms with van der Waals surface area (Å²) in [5.74, 6) is -0.814. The number of hydrogen-bond acceptors (Lipinski definition) is 3. The van der Waals surface area contributed by atoms with Crippen molar-refractivity contribution in [3.05, 3.63) is 35.4 Å². The van der Waals surface area contributed by atoms with Gasteiger partial charge in [0.25, 0.3) is 0 Å². The molecular weight excluding hydrogens is 290 g/mol. The zero-order valence-corrected chi connectivity index (χ0v) is 12.5. The number of piperidine rings is 1. The van der Waals surface area contributed by atoms with Gasteiger partial charge in [0.2, 0.25) is 0 Å². The molecule has 3 nitrogen and oxygen atoms in total. The van der Waals surface area contributed by atoms with Gasteiger partial charge in [-0.1, -0.05) is 12.1 Å². The molecule has 0 aliphatic carbocycles. The Balaban J connectivity index is 0.00000242. The molecule has 0 aromatic heterocycles. The van der Waals surface area contributed by atoms with E-state index in [9.17, 15) is 23.1 Å². The van der Waals surface area contributed by atoms with Crippen LogP contribution < -0.4 is 24.0 Å². The molecule has 1 aromatic rings. The summed E-state index contributed by atoms with van der Waals surface area (Å²) >= 11 is 0. The normalized spacial score (nSPS) is 17.0. The van der Waals surface area contributed by atoms with Gasteiger partial charge in [0.15, 0.2) is 0 Å². The Bertz CT molecular complexity index is 483. The first-order valence-corrected chi connectivity index (χ1v) is 6.95. The maximum Gasteiger partial charge on any atom is 1.00 e. The van der Waals surface area contributed by atoms with Crippen LogP contribution in [0, 0.1) is 0 Å². The SMILES string of the molecule is O=C([O-])CCN1CCC(c2ccc(C(F)(F)F)cc2)CC1.[Li+]. The minimum atomic E-state index is -4.30. The molecule has 1 fully saturated rings. The Kier molecular flexibility index (Phi) is 6.98. The predicted octanol–water partition coefficient (Wildman–Crippen LogP) is -0.971. The number of hydrogen-bond donors (Lipinski definition) is 0. The molecule has 0 saturated carbocycles. The number of carbonyl (C=O) groups is 1. The molecule has 0 spiro atoms. The van der Waals surface area contributed by atoms with Crippen LogP contribution in [0.2, 0.25) is 0 Å². The Morgan fingerprint density at radius 3 is 2.18 bits per heavy atom. The summed E-state index contributed by atoms with van der Waals surface area (Å²) in [4.78, 5) is 12.5. The molecule has 1 aromatic carbocycles. The fourth-order valence-corrected chi connectivity index (χ4v) is 2.68. The number of nitrogens with zero attached hydrogens (tertiary/aromatic N) is 1. The number of rotatable bonds is 4. The summed E-state index contributed by atoms with van der Waals surface area (Å²) in [6, 6.07) is 5.34. The minimum absolute atomic E-state index is 0. The topological polar surface area (TPSA) is 43.4 Å². The third-order valence-corrected chi connectivity index (χ3v) is 3.93. The Hall–Kier alpha value is -0.963. The van der Waals surface area contributed by atoms with Gasteiger partial charge in [-0.2, -0.15) is 13.2 Å². The molecule has 116 valence electrons. The van der Waals surface area contributed by atoms with Gasteiger partial charge < -0.3 is 14.8 Å². The average Bonchev–Trinajstić information content (AvgIpc) is 2.45. The second-order valence-corrected chi connectivity index (χ2v) is 5.36. The van der Waals surface area contributed by atoms with Crippen molar-refractivity contribution in [3.63, 3.8) is 0 Å². The van der Waals surface area contributed by atoms with Gasteiger partial charge in [-0.05, 0) is 56.0 Å². The van der Waals surface area contributed by atoms with Crippen LogP contribution in [-0.2, 0) is 11.0 Å². The summed E-state index contributed by atoms with van der Waals surface area (Å²) in [6.45, 7) is 2.00. The van der Waals surface area contributed by atoms with Crippen LogP contribution in [-0.4, -0.2) is 30.5 Å². The van der Waals surface area contributed by atoms with Crippen LogP contribution in [0.15, 0.2) is 24.3 Å². The summed E-state index contributed by atoms with van der Waals surface area (Å²) in [6.07, 6.45) is -2.62. The van der Waals surface area contributed by atoms with Gasteiger partial charge in [-0.25, -0.2) is 0 Å². The van der Waals surface area contributed by atoms with Crippen molar-refractivity contribution in [2.24, 2.45) is 0 Å². The van der Waals surface area contributed by atoms with E-state index in [4.69, 9.17) is 0 Å². The zero-order chi connectivity index (χ0) is 15.5. The molecule has 0 radical (unpaired) electrons. The average molecular weight is 307 g/mol. The van der Waals surface area contributed by atoms with E-state index in [2.05, 4.69) is 4.90 Å². The van der Waals surface area contributed by atoms with E-state index < -0.39 is 17.7 Å². The summed E-state index contributed by atoms with van der Waals surface area (Å²) in [7, 11) is 0. The quantitative estimate of drug-likeness (QED) is 0.672. The second-order valence-electron chi connectivity index (χ2n) is 5.36. The van der Waals surface area contributed by atoms with Crippen molar-refractivity contribution >= 4 is 5.97 Å². The van der Waals surface area contributed by atoms with Gasteiger partial charge in [0.1, 0.15) is 0 Å². The number of carboxylic acids is 1. The van der Waals surface area contributed by atoms with Crippen molar-refractivity contribution in [1.82, 2.24) is 4.90 Å². The molecule has 0 unspecified atom stereocenters. The Labute approximate surface area is 139 Å². The molecule has 0 N–H and O–H groups in total. The number of carboxylic acid groups (broad SMARTS) is 1. The molecule has 0 bridgehead atoms. The van der Waals surface area contributed by atoms with Gasteiger partial charge in [0, 0.05) is 12.5 Å². The van der Waals surface area contributed by atoms with Crippen molar-refractivity contribution in [2.45, 2.75) is 31.4 Å². The van der Waals surface area contributed by atoms with E-state index in [1.54, 1.807) is 12.1 Å². The standard InChI is InChI=1S/C15H18F3NO2.Li/c16-15(17,18)13-3-1-11(2-4-13)12-5-8-19(9-6-12)10-7-14(20)21;/h1-4,12H,5-10H2,(H,20,21);/q;+1/p-1. The minimum Gasteiger partial charge on any atom is -0.550 e. The maximum atomic E-state index is 12.5. The first kappa shape index (κ1) is 19.1. The van der Waals surface area contributed by atoms with Crippen molar-refractivity contribution in [3.8, 4) is 0 Å². The zero-order valence-electron chi connectivity index (χ0n) is 12.5. The van der Waals surface area contributed by atoms with E-state index in [1.807, 2.05) is 0 Å². The molecule has 7 heteroatoms. The molecule has 1 aliphatic rings. The van der Waals surface area contributed by atoms with Crippen LogP contribution in [0.25, 0.3) is 0 Å².